The highest BCUT2D eigenvalue weighted by Gasteiger charge is 1.99. The summed E-state index contributed by atoms with van der Waals surface area (Å²) in [5.41, 5.74) is 9.07. The minimum absolute atomic E-state index is 0.297. The van der Waals surface area contributed by atoms with Crippen molar-refractivity contribution < 1.29 is 5.11 Å². The van der Waals surface area contributed by atoms with Gasteiger partial charge in [0, 0.05) is 36.8 Å². The van der Waals surface area contributed by atoms with Crippen molar-refractivity contribution in [1.82, 2.24) is 0 Å². The molecule has 22 heavy (non-hydrogen) atoms. The maximum atomic E-state index is 9.86. The largest absolute Gasteiger partial charge is 0.507 e. The molecule has 0 saturated carbocycles. The summed E-state index contributed by atoms with van der Waals surface area (Å²) >= 11 is 0. The van der Waals surface area contributed by atoms with E-state index in [2.05, 4.69) is 9.98 Å². The van der Waals surface area contributed by atoms with Crippen LogP contribution >= 0.6 is 0 Å². The lowest BCUT2D eigenvalue weighted by Gasteiger charge is -2.01. The Morgan fingerprint density at radius 3 is 2.55 bits per heavy atom. The molecule has 0 atom stereocenters. The first-order valence-electron chi connectivity index (χ1n) is 7.30. The van der Waals surface area contributed by atoms with Crippen LogP contribution in [0.3, 0.4) is 0 Å². The lowest BCUT2D eigenvalue weighted by molar-refractivity contribution is 0.470. The molecule has 0 saturated heterocycles. The highest BCUT2D eigenvalue weighted by molar-refractivity contribution is 5.84. The van der Waals surface area contributed by atoms with Crippen LogP contribution in [-0.2, 0) is 0 Å². The Kier molecular flexibility index (Phi) is 5.72. The SMILES string of the molecule is Cc1cccc(C=NCCCN=Cc2cccc(N)c2)c1O. The van der Waals surface area contributed by atoms with Gasteiger partial charge in [-0.1, -0.05) is 24.3 Å². The van der Waals surface area contributed by atoms with Gasteiger partial charge in [-0.3, -0.25) is 9.98 Å². The number of aliphatic imine (C=N–C) groups is 2. The van der Waals surface area contributed by atoms with Gasteiger partial charge in [0.05, 0.1) is 0 Å². The molecular formula is C18H21N3O. The molecule has 2 aromatic rings. The van der Waals surface area contributed by atoms with Crippen LogP contribution in [-0.4, -0.2) is 30.6 Å². The van der Waals surface area contributed by atoms with E-state index in [4.69, 9.17) is 5.73 Å². The second-order valence-corrected chi connectivity index (χ2v) is 5.11. The molecule has 0 aliphatic heterocycles. The van der Waals surface area contributed by atoms with E-state index in [1.54, 1.807) is 6.21 Å². The molecule has 0 amide bonds. The number of nitrogen functional groups attached to an aromatic ring is 1. The summed E-state index contributed by atoms with van der Waals surface area (Å²) in [6.07, 6.45) is 4.40. The number of anilines is 1. The quantitative estimate of drug-likeness (QED) is 0.488. The lowest BCUT2D eigenvalue weighted by atomic mass is 10.1. The molecule has 2 aromatic carbocycles. The number of aromatic hydroxyl groups is 1. The van der Waals surface area contributed by atoms with Gasteiger partial charge < -0.3 is 10.8 Å². The van der Waals surface area contributed by atoms with Gasteiger partial charge in [0.2, 0.25) is 0 Å². The molecule has 114 valence electrons. The maximum Gasteiger partial charge on any atom is 0.127 e. The molecule has 4 nitrogen and oxygen atoms in total. The van der Waals surface area contributed by atoms with E-state index in [1.807, 2.05) is 55.6 Å². The number of rotatable bonds is 6. The third-order valence-corrected chi connectivity index (χ3v) is 3.22. The highest BCUT2D eigenvalue weighted by Crippen LogP contribution is 2.19. The molecule has 0 unspecified atom stereocenters. The second-order valence-electron chi connectivity index (χ2n) is 5.11. The minimum Gasteiger partial charge on any atom is -0.507 e. The Hall–Kier alpha value is -2.62. The number of nitrogens with zero attached hydrogens (tertiary/aromatic N) is 2. The summed E-state index contributed by atoms with van der Waals surface area (Å²) in [4.78, 5) is 8.68. The first kappa shape index (κ1) is 15.8. The number of hydrogen-bond donors (Lipinski definition) is 2. The van der Waals surface area contributed by atoms with Crippen molar-refractivity contribution in [2.75, 3.05) is 18.8 Å². The molecule has 0 spiro atoms. The van der Waals surface area contributed by atoms with E-state index in [0.29, 0.717) is 18.8 Å². The van der Waals surface area contributed by atoms with Crippen LogP contribution in [0.15, 0.2) is 52.4 Å². The Morgan fingerprint density at radius 1 is 1.05 bits per heavy atom. The fourth-order valence-electron chi connectivity index (χ4n) is 2.01. The zero-order chi connectivity index (χ0) is 15.8. The smallest absolute Gasteiger partial charge is 0.127 e. The summed E-state index contributed by atoms with van der Waals surface area (Å²) < 4.78 is 0. The fourth-order valence-corrected chi connectivity index (χ4v) is 2.01. The van der Waals surface area contributed by atoms with Crippen molar-refractivity contribution in [3.05, 3.63) is 59.2 Å². The maximum absolute atomic E-state index is 9.86. The first-order chi connectivity index (χ1) is 10.7. The van der Waals surface area contributed by atoms with E-state index >= 15 is 0 Å². The molecule has 3 N–H and O–H groups in total. The van der Waals surface area contributed by atoms with Crippen LogP contribution in [0.4, 0.5) is 5.69 Å². The molecule has 0 aliphatic carbocycles. The standard InChI is InChI=1S/C18H21N3O/c1-14-5-2-7-16(18(14)22)13-21-10-4-9-20-12-15-6-3-8-17(19)11-15/h2-3,5-8,11-13,22H,4,9-10,19H2,1H3. The second kappa shape index (κ2) is 7.98. The van der Waals surface area contributed by atoms with Gasteiger partial charge in [0.15, 0.2) is 0 Å². The highest BCUT2D eigenvalue weighted by atomic mass is 16.3. The zero-order valence-corrected chi connectivity index (χ0v) is 12.7. The zero-order valence-electron chi connectivity index (χ0n) is 12.7. The van der Waals surface area contributed by atoms with Gasteiger partial charge in [-0.25, -0.2) is 0 Å². The molecular weight excluding hydrogens is 274 g/mol. The predicted octanol–water partition coefficient (Wildman–Crippen LogP) is 3.21. The van der Waals surface area contributed by atoms with Gasteiger partial charge in [0.1, 0.15) is 5.75 Å². The van der Waals surface area contributed by atoms with Crippen molar-refractivity contribution in [3.63, 3.8) is 0 Å². The average Bonchev–Trinajstić information content (AvgIpc) is 2.50. The topological polar surface area (TPSA) is 71.0 Å². The summed E-state index contributed by atoms with van der Waals surface area (Å²) in [5.74, 6) is 0.297. The van der Waals surface area contributed by atoms with Crippen molar-refractivity contribution in [3.8, 4) is 5.75 Å². The average molecular weight is 295 g/mol. The van der Waals surface area contributed by atoms with Crippen LogP contribution < -0.4 is 5.73 Å². The van der Waals surface area contributed by atoms with E-state index in [-0.39, 0.29) is 0 Å². The fraction of sp³-hybridized carbons (Fsp3) is 0.222. The van der Waals surface area contributed by atoms with Crippen LogP contribution in [0.5, 0.6) is 5.75 Å². The Balaban J connectivity index is 1.75. The Bertz CT molecular complexity index is 678. The van der Waals surface area contributed by atoms with E-state index in [9.17, 15) is 5.11 Å². The summed E-state index contributed by atoms with van der Waals surface area (Å²) in [7, 11) is 0. The first-order valence-corrected chi connectivity index (χ1v) is 7.30. The summed E-state index contributed by atoms with van der Waals surface area (Å²) in [6.45, 7) is 3.27. The third-order valence-electron chi connectivity index (χ3n) is 3.22. The Labute approximate surface area is 131 Å². The molecule has 0 aromatic heterocycles. The van der Waals surface area contributed by atoms with Crippen LogP contribution in [0.25, 0.3) is 0 Å². The van der Waals surface area contributed by atoms with E-state index in [1.165, 1.54) is 0 Å². The van der Waals surface area contributed by atoms with E-state index in [0.717, 1.165) is 28.8 Å². The predicted molar refractivity (Wildman–Crippen MR) is 93.2 cm³/mol. The van der Waals surface area contributed by atoms with Gasteiger partial charge >= 0.3 is 0 Å². The van der Waals surface area contributed by atoms with Crippen LogP contribution in [0.1, 0.15) is 23.1 Å². The molecule has 2 rings (SSSR count). The normalized spacial score (nSPS) is 11.5. The number of phenolic OH excluding ortho intramolecular Hbond substituents is 1. The molecule has 0 bridgehead atoms. The molecule has 4 heteroatoms. The van der Waals surface area contributed by atoms with Crippen molar-refractivity contribution in [2.45, 2.75) is 13.3 Å². The number of hydrogen-bond acceptors (Lipinski definition) is 4. The number of aryl methyl sites for hydroxylation is 1. The van der Waals surface area contributed by atoms with Gasteiger partial charge in [-0.15, -0.1) is 0 Å². The molecule has 0 fully saturated rings. The third kappa shape index (κ3) is 4.74. The van der Waals surface area contributed by atoms with Crippen molar-refractivity contribution in [1.29, 1.82) is 0 Å². The van der Waals surface area contributed by atoms with Gasteiger partial charge in [0.25, 0.3) is 0 Å². The molecule has 0 aliphatic rings. The van der Waals surface area contributed by atoms with Gasteiger partial charge in [-0.2, -0.15) is 0 Å². The van der Waals surface area contributed by atoms with E-state index < -0.39 is 0 Å². The van der Waals surface area contributed by atoms with Crippen molar-refractivity contribution >= 4 is 18.1 Å². The summed E-state index contributed by atoms with van der Waals surface area (Å²) in [6, 6.07) is 13.3. The lowest BCUT2D eigenvalue weighted by Crippen LogP contribution is -1.91. The molecule has 0 heterocycles. The van der Waals surface area contributed by atoms with Crippen molar-refractivity contribution in [2.24, 2.45) is 9.98 Å². The van der Waals surface area contributed by atoms with Crippen LogP contribution in [0.2, 0.25) is 0 Å². The minimum atomic E-state index is 0.297. The number of phenols is 1. The number of nitrogens with two attached hydrogens (primary N) is 1. The van der Waals surface area contributed by atoms with Crippen LogP contribution in [0, 0.1) is 6.92 Å². The number of para-hydroxylation sites is 1. The number of benzene rings is 2. The monoisotopic (exact) mass is 295 g/mol. The Morgan fingerprint density at radius 2 is 1.77 bits per heavy atom. The summed E-state index contributed by atoms with van der Waals surface area (Å²) in [5, 5.41) is 9.86. The molecule has 0 radical (unpaired) electrons. The van der Waals surface area contributed by atoms with Gasteiger partial charge in [-0.05, 0) is 42.7 Å².